The van der Waals surface area contributed by atoms with Crippen LogP contribution >= 0.6 is 0 Å². The fraction of sp³-hybridized carbons (Fsp3) is 0.0625. The number of rotatable bonds is 4. The minimum atomic E-state index is -0.416. The van der Waals surface area contributed by atoms with Gasteiger partial charge in [0.2, 0.25) is 0 Å². The number of nitrogens with one attached hydrogen (secondary N) is 1. The number of imidazole rings is 1. The van der Waals surface area contributed by atoms with Gasteiger partial charge in [0.1, 0.15) is 6.33 Å². The van der Waals surface area contributed by atoms with Gasteiger partial charge in [-0.05, 0) is 19.1 Å². The smallest absolute Gasteiger partial charge is 0.269 e. The van der Waals surface area contributed by atoms with Crippen molar-refractivity contribution in [2.75, 3.05) is 5.43 Å². The van der Waals surface area contributed by atoms with Gasteiger partial charge in [0.15, 0.2) is 0 Å². The van der Waals surface area contributed by atoms with Gasteiger partial charge in [-0.25, -0.2) is 9.66 Å². The molecule has 6 heteroatoms. The quantitative estimate of drug-likeness (QED) is 0.589. The van der Waals surface area contributed by atoms with Crippen molar-refractivity contribution in [3.05, 3.63) is 76.7 Å². The highest BCUT2D eigenvalue weighted by Crippen LogP contribution is 2.23. The molecule has 6 nitrogen and oxygen atoms in total. The SMILES string of the molecule is Cc1ncn(Nc2ccc([N+](=O)[O-])cc2)c1-c1ccccc1. The minimum Gasteiger partial charge on any atom is -0.293 e. The lowest BCUT2D eigenvalue weighted by atomic mass is 10.1. The van der Waals surface area contributed by atoms with Crippen LogP contribution in [0.4, 0.5) is 11.4 Å². The van der Waals surface area contributed by atoms with Gasteiger partial charge in [-0.15, -0.1) is 0 Å². The van der Waals surface area contributed by atoms with E-state index >= 15 is 0 Å². The summed E-state index contributed by atoms with van der Waals surface area (Å²) in [4.78, 5) is 14.6. The van der Waals surface area contributed by atoms with Crippen molar-refractivity contribution in [3.63, 3.8) is 0 Å². The monoisotopic (exact) mass is 294 g/mol. The van der Waals surface area contributed by atoms with Crippen LogP contribution in [0, 0.1) is 17.0 Å². The number of aromatic nitrogens is 2. The first kappa shape index (κ1) is 13.8. The molecule has 0 amide bonds. The topological polar surface area (TPSA) is 73.0 Å². The van der Waals surface area contributed by atoms with E-state index in [0.29, 0.717) is 0 Å². The Bertz CT molecular complexity index is 795. The largest absolute Gasteiger partial charge is 0.293 e. The third-order valence-corrected chi connectivity index (χ3v) is 3.33. The Labute approximate surface area is 127 Å². The summed E-state index contributed by atoms with van der Waals surface area (Å²) >= 11 is 0. The lowest BCUT2D eigenvalue weighted by Gasteiger charge is -2.12. The molecule has 1 N–H and O–H groups in total. The van der Waals surface area contributed by atoms with E-state index in [1.807, 2.05) is 41.9 Å². The molecule has 0 atom stereocenters. The van der Waals surface area contributed by atoms with Crippen molar-refractivity contribution < 1.29 is 4.92 Å². The van der Waals surface area contributed by atoms with Gasteiger partial charge in [-0.1, -0.05) is 30.3 Å². The molecule has 0 saturated heterocycles. The number of hydrogen-bond acceptors (Lipinski definition) is 4. The molecule has 110 valence electrons. The maximum Gasteiger partial charge on any atom is 0.269 e. The van der Waals surface area contributed by atoms with E-state index < -0.39 is 4.92 Å². The summed E-state index contributed by atoms with van der Waals surface area (Å²) in [6, 6.07) is 16.2. The number of anilines is 1. The lowest BCUT2D eigenvalue weighted by Crippen LogP contribution is -2.09. The van der Waals surface area contributed by atoms with Crippen LogP contribution in [0.3, 0.4) is 0 Å². The van der Waals surface area contributed by atoms with Gasteiger partial charge in [-0.3, -0.25) is 15.5 Å². The number of nitrogens with zero attached hydrogens (tertiary/aromatic N) is 3. The molecule has 0 fully saturated rings. The summed E-state index contributed by atoms with van der Waals surface area (Å²) in [5.74, 6) is 0. The van der Waals surface area contributed by atoms with E-state index in [9.17, 15) is 10.1 Å². The second-order valence-corrected chi connectivity index (χ2v) is 4.83. The molecule has 0 unspecified atom stereocenters. The van der Waals surface area contributed by atoms with Crippen LogP contribution in [0.5, 0.6) is 0 Å². The standard InChI is InChI=1S/C16H14N4O2/c1-12-16(13-5-3-2-4-6-13)19(11-17-12)18-14-7-9-15(10-8-14)20(21)22/h2-11,18H,1H3. The van der Waals surface area contributed by atoms with E-state index in [2.05, 4.69) is 10.4 Å². The molecular formula is C16H14N4O2. The molecule has 0 bridgehead atoms. The van der Waals surface area contributed by atoms with E-state index in [4.69, 9.17) is 0 Å². The summed E-state index contributed by atoms with van der Waals surface area (Å²) < 4.78 is 1.81. The predicted octanol–water partition coefficient (Wildman–Crippen LogP) is 3.64. The highest BCUT2D eigenvalue weighted by Gasteiger charge is 2.10. The highest BCUT2D eigenvalue weighted by atomic mass is 16.6. The molecule has 3 aromatic rings. The second kappa shape index (κ2) is 5.69. The first-order valence-corrected chi connectivity index (χ1v) is 6.76. The Kier molecular flexibility index (Phi) is 3.57. The summed E-state index contributed by atoms with van der Waals surface area (Å²) in [6.07, 6.45) is 1.69. The zero-order chi connectivity index (χ0) is 15.5. The van der Waals surface area contributed by atoms with Gasteiger partial charge in [0, 0.05) is 17.7 Å². The average molecular weight is 294 g/mol. The number of nitro groups is 1. The maximum atomic E-state index is 10.7. The number of aryl methyl sites for hydroxylation is 1. The lowest BCUT2D eigenvalue weighted by molar-refractivity contribution is -0.384. The van der Waals surface area contributed by atoms with Crippen molar-refractivity contribution >= 4 is 11.4 Å². The Morgan fingerprint density at radius 3 is 2.41 bits per heavy atom. The highest BCUT2D eigenvalue weighted by molar-refractivity contribution is 5.63. The van der Waals surface area contributed by atoms with Crippen molar-refractivity contribution in [3.8, 4) is 11.3 Å². The molecule has 1 aromatic heterocycles. The van der Waals surface area contributed by atoms with E-state index in [-0.39, 0.29) is 5.69 Å². The van der Waals surface area contributed by atoms with Gasteiger partial charge in [0.05, 0.1) is 22.0 Å². The fourth-order valence-corrected chi connectivity index (χ4v) is 2.26. The second-order valence-electron chi connectivity index (χ2n) is 4.83. The third kappa shape index (κ3) is 2.67. The Balaban J connectivity index is 1.92. The summed E-state index contributed by atoms with van der Waals surface area (Å²) in [5, 5.41) is 10.7. The Morgan fingerprint density at radius 2 is 1.77 bits per heavy atom. The molecule has 0 radical (unpaired) electrons. The number of benzene rings is 2. The van der Waals surface area contributed by atoms with Crippen molar-refractivity contribution in [2.45, 2.75) is 6.92 Å². The molecule has 0 aliphatic carbocycles. The van der Waals surface area contributed by atoms with Gasteiger partial charge >= 0.3 is 0 Å². The summed E-state index contributed by atoms with van der Waals surface area (Å²) in [5.41, 5.74) is 6.91. The zero-order valence-corrected chi connectivity index (χ0v) is 11.9. The number of hydrogen-bond donors (Lipinski definition) is 1. The average Bonchev–Trinajstić information content (AvgIpc) is 2.89. The van der Waals surface area contributed by atoms with Crippen LogP contribution in [-0.2, 0) is 0 Å². The van der Waals surface area contributed by atoms with Crippen molar-refractivity contribution in [1.82, 2.24) is 9.66 Å². The van der Waals surface area contributed by atoms with Crippen LogP contribution in [0.15, 0.2) is 60.9 Å². The maximum absolute atomic E-state index is 10.7. The van der Waals surface area contributed by atoms with Crippen LogP contribution in [0.25, 0.3) is 11.3 Å². The third-order valence-electron chi connectivity index (χ3n) is 3.33. The summed E-state index contributed by atoms with van der Waals surface area (Å²) in [7, 11) is 0. The molecule has 0 saturated carbocycles. The molecular weight excluding hydrogens is 280 g/mol. The Morgan fingerprint density at radius 1 is 1.09 bits per heavy atom. The zero-order valence-electron chi connectivity index (χ0n) is 11.9. The van der Waals surface area contributed by atoms with Gasteiger partial charge in [-0.2, -0.15) is 0 Å². The first-order chi connectivity index (χ1) is 10.6. The van der Waals surface area contributed by atoms with Gasteiger partial charge in [0.25, 0.3) is 5.69 Å². The molecule has 22 heavy (non-hydrogen) atoms. The van der Waals surface area contributed by atoms with Crippen LogP contribution < -0.4 is 5.43 Å². The molecule has 0 aliphatic heterocycles. The van der Waals surface area contributed by atoms with Gasteiger partial charge < -0.3 is 0 Å². The normalized spacial score (nSPS) is 10.4. The predicted molar refractivity (Wildman–Crippen MR) is 84.5 cm³/mol. The van der Waals surface area contributed by atoms with Crippen LogP contribution in [0.2, 0.25) is 0 Å². The van der Waals surface area contributed by atoms with Crippen LogP contribution in [0.1, 0.15) is 5.69 Å². The minimum absolute atomic E-state index is 0.0654. The first-order valence-electron chi connectivity index (χ1n) is 6.76. The van der Waals surface area contributed by atoms with E-state index in [1.54, 1.807) is 18.5 Å². The van der Waals surface area contributed by atoms with E-state index in [1.165, 1.54) is 12.1 Å². The Hall–Kier alpha value is -3.15. The number of nitro benzene ring substituents is 1. The number of non-ortho nitro benzene ring substituents is 1. The molecule has 0 aliphatic rings. The molecule has 1 heterocycles. The van der Waals surface area contributed by atoms with Crippen LogP contribution in [-0.4, -0.2) is 14.6 Å². The molecule has 2 aromatic carbocycles. The van der Waals surface area contributed by atoms with E-state index in [0.717, 1.165) is 22.6 Å². The molecule has 0 spiro atoms. The van der Waals surface area contributed by atoms with Crippen molar-refractivity contribution in [1.29, 1.82) is 0 Å². The van der Waals surface area contributed by atoms with Crippen molar-refractivity contribution in [2.24, 2.45) is 0 Å². The molecule has 3 rings (SSSR count). The fourth-order valence-electron chi connectivity index (χ4n) is 2.26. The summed E-state index contributed by atoms with van der Waals surface area (Å²) in [6.45, 7) is 1.94.